The van der Waals surface area contributed by atoms with E-state index in [0.29, 0.717) is 42.5 Å². The van der Waals surface area contributed by atoms with Crippen LogP contribution in [0.3, 0.4) is 0 Å². The molecule has 0 rings (SSSR count). The van der Waals surface area contributed by atoms with Gasteiger partial charge in [-0.25, -0.2) is 4.79 Å². The molecular formula is C19H46O8Si5. The first-order chi connectivity index (χ1) is 15.0. The first-order valence-electron chi connectivity index (χ1n) is 11.5. The van der Waals surface area contributed by atoms with Gasteiger partial charge in [0.1, 0.15) is 17.1 Å². The minimum absolute atomic E-state index is 0.229. The van der Waals surface area contributed by atoms with E-state index in [2.05, 4.69) is 39.7 Å². The predicted octanol–water partition coefficient (Wildman–Crippen LogP) is 1.80. The SMILES string of the molecule is C=C(C)C(=O)OCCOCCOCCC[SiH2]O[SiH](O[SiH3])O[Si](C)(C)O[Si](C)(C)CCCC. The van der Waals surface area contributed by atoms with Gasteiger partial charge in [0.25, 0.3) is 0 Å². The highest BCUT2D eigenvalue weighted by Gasteiger charge is 2.37. The molecule has 0 fully saturated rings. The second-order valence-electron chi connectivity index (χ2n) is 8.73. The number of rotatable bonds is 21. The highest BCUT2D eigenvalue weighted by molar-refractivity contribution is 6.84. The molecule has 0 spiro atoms. The lowest BCUT2D eigenvalue weighted by Gasteiger charge is -2.35. The highest BCUT2D eigenvalue weighted by Crippen LogP contribution is 2.22. The van der Waals surface area contributed by atoms with Gasteiger partial charge in [-0.1, -0.05) is 26.3 Å². The quantitative estimate of drug-likeness (QED) is 0.0940. The number of ether oxygens (including phenoxy) is 3. The van der Waals surface area contributed by atoms with Crippen molar-refractivity contribution in [3.8, 4) is 0 Å². The van der Waals surface area contributed by atoms with Crippen molar-refractivity contribution in [2.75, 3.05) is 33.0 Å². The van der Waals surface area contributed by atoms with Crippen molar-refractivity contribution in [2.24, 2.45) is 0 Å². The van der Waals surface area contributed by atoms with Crippen LogP contribution in [0, 0.1) is 0 Å². The third-order valence-corrected chi connectivity index (χ3v) is 17.5. The Kier molecular flexibility index (Phi) is 18.4. The zero-order chi connectivity index (χ0) is 24.5. The molecule has 0 aromatic heterocycles. The molecule has 1 atom stereocenters. The van der Waals surface area contributed by atoms with Gasteiger partial charge in [-0.05, 0) is 51.6 Å². The molecule has 0 amide bonds. The maximum atomic E-state index is 11.2. The molecule has 1 unspecified atom stereocenters. The van der Waals surface area contributed by atoms with Crippen molar-refractivity contribution in [1.82, 2.24) is 0 Å². The molecule has 8 nitrogen and oxygen atoms in total. The third-order valence-electron chi connectivity index (χ3n) is 4.35. The maximum Gasteiger partial charge on any atom is 0.453 e. The lowest BCUT2D eigenvalue weighted by Crippen LogP contribution is -2.50. The molecule has 0 aromatic carbocycles. The molecule has 0 aromatic rings. The fourth-order valence-corrected chi connectivity index (χ4v) is 18.0. The van der Waals surface area contributed by atoms with E-state index in [-0.39, 0.29) is 12.6 Å². The van der Waals surface area contributed by atoms with E-state index >= 15 is 0 Å². The third kappa shape index (κ3) is 18.5. The highest BCUT2D eigenvalue weighted by atomic mass is 28.5. The molecule has 190 valence electrons. The summed E-state index contributed by atoms with van der Waals surface area (Å²) in [5.41, 5.74) is 0.390. The monoisotopic (exact) mass is 542 g/mol. The van der Waals surface area contributed by atoms with Gasteiger partial charge < -0.3 is 30.7 Å². The Morgan fingerprint density at radius 1 is 1.03 bits per heavy atom. The lowest BCUT2D eigenvalue weighted by molar-refractivity contribution is -0.140. The Hall–Kier alpha value is 0.0544. The number of carbonyl (C=O) groups is 1. The molecule has 0 aliphatic carbocycles. The van der Waals surface area contributed by atoms with Gasteiger partial charge in [-0.15, -0.1) is 0 Å². The van der Waals surface area contributed by atoms with Crippen LogP contribution in [-0.4, -0.2) is 85.7 Å². The summed E-state index contributed by atoms with van der Waals surface area (Å²) in [4.78, 5) is 11.2. The minimum Gasteiger partial charge on any atom is -0.460 e. The second-order valence-corrected chi connectivity index (χ2v) is 22.2. The second kappa shape index (κ2) is 18.4. The van der Waals surface area contributed by atoms with Crippen molar-refractivity contribution in [1.29, 1.82) is 0 Å². The molecule has 13 heteroatoms. The smallest absolute Gasteiger partial charge is 0.453 e. The van der Waals surface area contributed by atoms with Crippen LogP contribution in [-0.2, 0) is 35.5 Å². The molecular weight excluding hydrogens is 497 g/mol. The van der Waals surface area contributed by atoms with E-state index in [1.807, 2.05) is 0 Å². The standard InChI is InChI=1S/C19H46O8Si5/c1-8-9-17-31(4,5)27-32(6,7)26-30(24-28)25-29-16-10-11-21-12-13-22-14-15-23-19(20)18(2)3/h30H,2,8-17,29H2,1,3-7,28H3. The Labute approximate surface area is 204 Å². The van der Waals surface area contributed by atoms with Crippen LogP contribution >= 0.6 is 0 Å². The molecule has 0 saturated carbocycles. The summed E-state index contributed by atoms with van der Waals surface area (Å²) >= 11 is 0. The van der Waals surface area contributed by atoms with Crippen LogP contribution in [0.15, 0.2) is 12.2 Å². The molecule has 0 aliphatic rings. The predicted molar refractivity (Wildman–Crippen MR) is 141 cm³/mol. The van der Waals surface area contributed by atoms with Crippen LogP contribution < -0.4 is 0 Å². The molecule has 0 aliphatic heterocycles. The van der Waals surface area contributed by atoms with Crippen LogP contribution in [0.25, 0.3) is 0 Å². The van der Waals surface area contributed by atoms with Crippen molar-refractivity contribution >= 4 is 52.6 Å². The first-order valence-corrected chi connectivity index (χ1v) is 21.3. The van der Waals surface area contributed by atoms with E-state index in [1.54, 1.807) is 6.92 Å². The van der Waals surface area contributed by atoms with Crippen LogP contribution in [0.5, 0.6) is 0 Å². The van der Waals surface area contributed by atoms with Gasteiger partial charge in [-0.2, -0.15) is 0 Å². The van der Waals surface area contributed by atoms with E-state index in [9.17, 15) is 4.79 Å². The number of carbonyl (C=O) groups excluding carboxylic acids is 1. The van der Waals surface area contributed by atoms with Gasteiger partial charge in [0.2, 0.25) is 0 Å². The number of hydrogen-bond donors (Lipinski definition) is 0. The van der Waals surface area contributed by atoms with Gasteiger partial charge in [0.15, 0.2) is 18.1 Å². The Balaban J connectivity index is 3.80. The zero-order valence-electron chi connectivity index (χ0n) is 21.3. The van der Waals surface area contributed by atoms with E-state index in [1.165, 1.54) is 18.9 Å². The van der Waals surface area contributed by atoms with Gasteiger partial charge >= 0.3 is 24.1 Å². The van der Waals surface area contributed by atoms with Gasteiger partial charge in [0.05, 0.1) is 19.8 Å². The van der Waals surface area contributed by atoms with Crippen molar-refractivity contribution in [3.05, 3.63) is 12.2 Å². The number of hydrogen-bond acceptors (Lipinski definition) is 8. The molecule has 32 heavy (non-hydrogen) atoms. The van der Waals surface area contributed by atoms with E-state index in [4.69, 9.17) is 30.7 Å². The summed E-state index contributed by atoms with van der Waals surface area (Å²) in [7, 11) is -6.08. The summed E-state index contributed by atoms with van der Waals surface area (Å²) in [6, 6.07) is 2.19. The van der Waals surface area contributed by atoms with E-state index < -0.39 is 36.2 Å². The van der Waals surface area contributed by atoms with E-state index in [0.717, 1.165) is 12.5 Å². The summed E-state index contributed by atoms with van der Waals surface area (Å²) in [5, 5.41) is 0. The number of unbranched alkanes of at least 4 members (excludes halogenated alkanes) is 1. The fraction of sp³-hybridized carbons (Fsp3) is 0.842. The first kappa shape index (κ1) is 32.1. The largest absolute Gasteiger partial charge is 0.460 e. The minimum atomic E-state index is -2.24. The summed E-state index contributed by atoms with van der Waals surface area (Å²) in [6.07, 6.45) is 3.37. The van der Waals surface area contributed by atoms with Crippen molar-refractivity contribution in [2.45, 2.75) is 71.4 Å². The van der Waals surface area contributed by atoms with Crippen LogP contribution in [0.4, 0.5) is 0 Å². The molecule has 0 N–H and O–H groups in total. The maximum absolute atomic E-state index is 11.2. The summed E-state index contributed by atoms with van der Waals surface area (Å²) in [5.74, 6) is -0.390. The molecule has 0 saturated heterocycles. The van der Waals surface area contributed by atoms with Gasteiger partial charge in [-0.3, -0.25) is 0 Å². The zero-order valence-corrected chi connectivity index (χ0v) is 27.9. The normalized spacial score (nSPS) is 13.7. The Morgan fingerprint density at radius 2 is 1.66 bits per heavy atom. The van der Waals surface area contributed by atoms with Gasteiger partial charge in [0, 0.05) is 12.2 Å². The molecule has 0 radical (unpaired) electrons. The average molecular weight is 543 g/mol. The average Bonchev–Trinajstić information content (AvgIpc) is 2.70. The summed E-state index contributed by atoms with van der Waals surface area (Å²) in [6.45, 7) is 18.4. The Bertz CT molecular complexity index is 522. The fourth-order valence-electron chi connectivity index (χ4n) is 2.85. The van der Waals surface area contributed by atoms with Crippen LogP contribution in [0.2, 0.25) is 38.3 Å². The van der Waals surface area contributed by atoms with Crippen molar-refractivity contribution in [3.63, 3.8) is 0 Å². The number of esters is 1. The Morgan fingerprint density at radius 3 is 2.25 bits per heavy atom. The molecule has 0 heterocycles. The lowest BCUT2D eigenvalue weighted by atomic mass is 10.4. The van der Waals surface area contributed by atoms with Crippen molar-refractivity contribution < 1.29 is 35.5 Å². The van der Waals surface area contributed by atoms with Crippen LogP contribution in [0.1, 0.15) is 33.1 Å². The summed E-state index contributed by atoms with van der Waals surface area (Å²) < 4.78 is 40.3. The molecule has 0 bridgehead atoms. The topological polar surface area (TPSA) is 81.7 Å².